The van der Waals surface area contributed by atoms with Crippen LogP contribution in [0.25, 0.3) is 5.69 Å². The van der Waals surface area contributed by atoms with Crippen molar-refractivity contribution in [3.63, 3.8) is 0 Å². The van der Waals surface area contributed by atoms with Gasteiger partial charge in [0.25, 0.3) is 5.91 Å². The lowest BCUT2D eigenvalue weighted by Gasteiger charge is -2.09. The minimum absolute atomic E-state index is 0.232. The van der Waals surface area contributed by atoms with Gasteiger partial charge in [-0.25, -0.2) is 4.68 Å². The van der Waals surface area contributed by atoms with Crippen molar-refractivity contribution in [3.8, 4) is 5.69 Å². The third-order valence-electron chi connectivity index (χ3n) is 3.66. The van der Waals surface area contributed by atoms with E-state index in [2.05, 4.69) is 38.2 Å². The standard InChI is InChI=1S/C18H17IN4O2/c1-12-7-9-13(10-8-12)23-16(11-25-2)17(21-22-23)18(24)20-15-6-4-3-5-14(15)19/h3-10H,11H2,1-2H3,(H,20,24). The number of carbonyl (C=O) groups excluding carboxylic acids is 1. The first-order valence-electron chi connectivity index (χ1n) is 7.66. The third-order valence-corrected chi connectivity index (χ3v) is 4.60. The van der Waals surface area contributed by atoms with Gasteiger partial charge in [0.2, 0.25) is 0 Å². The van der Waals surface area contributed by atoms with Gasteiger partial charge in [-0.15, -0.1) is 5.10 Å². The van der Waals surface area contributed by atoms with Gasteiger partial charge in [-0.1, -0.05) is 35.0 Å². The fraction of sp³-hybridized carbons (Fsp3) is 0.167. The Labute approximate surface area is 159 Å². The lowest BCUT2D eigenvalue weighted by atomic mass is 10.2. The number of ether oxygens (including phenoxy) is 1. The van der Waals surface area contributed by atoms with Crippen LogP contribution in [0.4, 0.5) is 5.69 Å². The number of nitrogens with zero attached hydrogens (tertiary/aromatic N) is 3. The van der Waals surface area contributed by atoms with Gasteiger partial charge < -0.3 is 10.1 Å². The molecular formula is C18H17IN4O2. The van der Waals surface area contributed by atoms with E-state index in [0.29, 0.717) is 5.69 Å². The second-order valence-electron chi connectivity index (χ2n) is 5.50. The van der Waals surface area contributed by atoms with Gasteiger partial charge >= 0.3 is 0 Å². The zero-order valence-electron chi connectivity index (χ0n) is 13.9. The van der Waals surface area contributed by atoms with Gasteiger partial charge in [-0.3, -0.25) is 4.79 Å². The number of carbonyl (C=O) groups is 1. The number of benzene rings is 2. The molecule has 128 valence electrons. The van der Waals surface area contributed by atoms with Crippen LogP contribution in [0.15, 0.2) is 48.5 Å². The smallest absolute Gasteiger partial charge is 0.278 e. The van der Waals surface area contributed by atoms with Crippen molar-refractivity contribution in [3.05, 3.63) is 69.1 Å². The molecule has 0 radical (unpaired) electrons. The first-order chi connectivity index (χ1) is 12.1. The Hall–Kier alpha value is -2.26. The topological polar surface area (TPSA) is 69.0 Å². The van der Waals surface area contributed by atoms with E-state index in [-0.39, 0.29) is 18.2 Å². The average molecular weight is 448 g/mol. The molecule has 0 aliphatic carbocycles. The zero-order chi connectivity index (χ0) is 17.8. The average Bonchev–Trinajstić information content (AvgIpc) is 3.02. The van der Waals surface area contributed by atoms with E-state index >= 15 is 0 Å². The number of aromatic nitrogens is 3. The molecule has 0 bridgehead atoms. The molecule has 3 aromatic rings. The zero-order valence-corrected chi connectivity index (χ0v) is 16.0. The van der Waals surface area contributed by atoms with Gasteiger partial charge in [-0.05, 0) is 53.8 Å². The van der Waals surface area contributed by atoms with Crippen molar-refractivity contribution in [1.82, 2.24) is 15.0 Å². The molecule has 0 atom stereocenters. The van der Waals surface area contributed by atoms with Crippen LogP contribution in [0.5, 0.6) is 0 Å². The molecular weight excluding hydrogens is 431 g/mol. The first kappa shape index (κ1) is 17.6. The molecule has 0 unspecified atom stereocenters. The van der Waals surface area contributed by atoms with E-state index in [1.165, 1.54) is 0 Å². The Morgan fingerprint density at radius 2 is 1.92 bits per heavy atom. The normalized spacial score (nSPS) is 10.7. The highest BCUT2D eigenvalue weighted by molar-refractivity contribution is 14.1. The van der Waals surface area contributed by atoms with Crippen molar-refractivity contribution < 1.29 is 9.53 Å². The highest BCUT2D eigenvalue weighted by atomic mass is 127. The fourth-order valence-corrected chi connectivity index (χ4v) is 2.90. The predicted molar refractivity (Wildman–Crippen MR) is 104 cm³/mol. The maximum absolute atomic E-state index is 12.7. The maximum atomic E-state index is 12.7. The van der Waals surface area contributed by atoms with E-state index in [0.717, 1.165) is 20.5 Å². The highest BCUT2D eigenvalue weighted by Gasteiger charge is 2.21. The Bertz CT molecular complexity index is 890. The minimum Gasteiger partial charge on any atom is -0.378 e. The maximum Gasteiger partial charge on any atom is 0.278 e. The molecule has 0 saturated carbocycles. The number of nitrogens with one attached hydrogen (secondary N) is 1. The molecule has 25 heavy (non-hydrogen) atoms. The number of methoxy groups -OCH3 is 1. The van der Waals surface area contributed by atoms with Crippen molar-refractivity contribution in [2.24, 2.45) is 0 Å². The lowest BCUT2D eigenvalue weighted by molar-refractivity contribution is 0.101. The second kappa shape index (κ2) is 7.75. The number of amides is 1. The van der Waals surface area contributed by atoms with Crippen LogP contribution in [-0.2, 0) is 11.3 Å². The fourth-order valence-electron chi connectivity index (χ4n) is 2.38. The summed E-state index contributed by atoms with van der Waals surface area (Å²) >= 11 is 2.18. The van der Waals surface area contributed by atoms with Crippen LogP contribution < -0.4 is 5.32 Å². The summed E-state index contributed by atoms with van der Waals surface area (Å²) in [6.45, 7) is 2.25. The summed E-state index contributed by atoms with van der Waals surface area (Å²) in [6, 6.07) is 15.4. The summed E-state index contributed by atoms with van der Waals surface area (Å²) in [5.41, 5.74) is 3.57. The van der Waals surface area contributed by atoms with Crippen molar-refractivity contribution >= 4 is 34.2 Å². The molecule has 6 nitrogen and oxygen atoms in total. The van der Waals surface area contributed by atoms with Crippen LogP contribution >= 0.6 is 22.6 Å². The van der Waals surface area contributed by atoms with Crippen LogP contribution in [-0.4, -0.2) is 28.0 Å². The summed E-state index contributed by atoms with van der Waals surface area (Å²) in [5, 5.41) is 11.1. The minimum atomic E-state index is -0.311. The number of anilines is 1. The molecule has 1 heterocycles. The van der Waals surface area contributed by atoms with Gasteiger partial charge in [-0.2, -0.15) is 0 Å². The number of halogens is 1. The Balaban J connectivity index is 1.95. The van der Waals surface area contributed by atoms with Crippen LogP contribution in [0.1, 0.15) is 21.7 Å². The molecule has 0 aliphatic heterocycles. The van der Waals surface area contributed by atoms with Crippen LogP contribution in [0, 0.1) is 10.5 Å². The molecule has 3 rings (SSSR count). The SMILES string of the molecule is COCc1c(C(=O)Nc2ccccc2I)nnn1-c1ccc(C)cc1. The molecule has 1 N–H and O–H groups in total. The predicted octanol–water partition coefficient (Wildman–Crippen LogP) is 3.58. The summed E-state index contributed by atoms with van der Waals surface area (Å²) in [5.74, 6) is -0.311. The van der Waals surface area contributed by atoms with Gasteiger partial charge in [0.15, 0.2) is 5.69 Å². The number of hydrogen-bond donors (Lipinski definition) is 1. The molecule has 0 fully saturated rings. The van der Waals surface area contributed by atoms with Crippen molar-refractivity contribution in [1.29, 1.82) is 0 Å². The quantitative estimate of drug-likeness (QED) is 0.606. The van der Waals surface area contributed by atoms with Crippen LogP contribution in [0.3, 0.4) is 0 Å². The van der Waals surface area contributed by atoms with Crippen molar-refractivity contribution in [2.45, 2.75) is 13.5 Å². The number of aryl methyl sites for hydroxylation is 1. The number of rotatable bonds is 5. The Morgan fingerprint density at radius 1 is 1.20 bits per heavy atom. The first-order valence-corrected chi connectivity index (χ1v) is 8.74. The lowest BCUT2D eigenvalue weighted by Crippen LogP contribution is -2.16. The summed E-state index contributed by atoms with van der Waals surface area (Å²) in [7, 11) is 1.58. The Morgan fingerprint density at radius 3 is 2.60 bits per heavy atom. The van der Waals surface area contributed by atoms with E-state index in [9.17, 15) is 4.79 Å². The van der Waals surface area contributed by atoms with Crippen molar-refractivity contribution in [2.75, 3.05) is 12.4 Å². The highest BCUT2D eigenvalue weighted by Crippen LogP contribution is 2.20. The van der Waals surface area contributed by atoms with Gasteiger partial charge in [0, 0.05) is 10.7 Å². The van der Waals surface area contributed by atoms with E-state index in [1.54, 1.807) is 11.8 Å². The third kappa shape index (κ3) is 3.88. The molecule has 0 saturated heterocycles. The molecule has 0 aliphatic rings. The monoisotopic (exact) mass is 448 g/mol. The van der Waals surface area contributed by atoms with E-state index in [4.69, 9.17) is 4.74 Å². The summed E-state index contributed by atoms with van der Waals surface area (Å²) in [4.78, 5) is 12.7. The number of para-hydroxylation sites is 1. The summed E-state index contributed by atoms with van der Waals surface area (Å²) < 4.78 is 7.84. The van der Waals surface area contributed by atoms with E-state index in [1.807, 2.05) is 55.5 Å². The van der Waals surface area contributed by atoms with Gasteiger partial charge in [0.1, 0.15) is 5.69 Å². The molecule has 7 heteroatoms. The number of hydrogen-bond acceptors (Lipinski definition) is 4. The molecule has 0 spiro atoms. The second-order valence-corrected chi connectivity index (χ2v) is 6.66. The van der Waals surface area contributed by atoms with Gasteiger partial charge in [0.05, 0.1) is 18.0 Å². The van der Waals surface area contributed by atoms with E-state index < -0.39 is 0 Å². The molecule has 1 amide bonds. The molecule has 1 aromatic heterocycles. The largest absolute Gasteiger partial charge is 0.378 e. The summed E-state index contributed by atoms with van der Waals surface area (Å²) in [6.07, 6.45) is 0. The Kier molecular flexibility index (Phi) is 5.44. The van der Waals surface area contributed by atoms with Crippen LogP contribution in [0.2, 0.25) is 0 Å². The molecule has 2 aromatic carbocycles.